The SMILES string of the molecule is Cc1ccc(NC(=O)CN2C(=O)SC(=Cc3ccc(I)cc3)C2=O)cc1. The van der Waals surface area contributed by atoms with Crippen LogP contribution < -0.4 is 5.32 Å². The molecule has 1 N–H and O–H groups in total. The average Bonchev–Trinajstić information content (AvgIpc) is 2.86. The predicted molar refractivity (Wildman–Crippen MR) is 112 cm³/mol. The minimum Gasteiger partial charge on any atom is -0.325 e. The Morgan fingerprint density at radius 2 is 1.77 bits per heavy atom. The van der Waals surface area contributed by atoms with Crippen LogP contribution in [-0.4, -0.2) is 28.5 Å². The summed E-state index contributed by atoms with van der Waals surface area (Å²) in [6.07, 6.45) is 1.67. The Labute approximate surface area is 169 Å². The number of nitrogens with one attached hydrogen (secondary N) is 1. The van der Waals surface area contributed by atoms with Gasteiger partial charge < -0.3 is 5.32 Å². The number of benzene rings is 2. The van der Waals surface area contributed by atoms with Crippen molar-refractivity contribution in [2.24, 2.45) is 0 Å². The zero-order chi connectivity index (χ0) is 18.7. The van der Waals surface area contributed by atoms with Crippen LogP contribution in [0.3, 0.4) is 0 Å². The quantitative estimate of drug-likeness (QED) is 0.527. The molecule has 2 aromatic carbocycles. The second-order valence-corrected chi connectivity index (χ2v) is 7.97. The van der Waals surface area contributed by atoms with E-state index in [0.29, 0.717) is 10.6 Å². The molecule has 1 heterocycles. The molecule has 132 valence electrons. The first-order valence-electron chi connectivity index (χ1n) is 7.80. The molecule has 0 radical (unpaired) electrons. The number of halogens is 1. The topological polar surface area (TPSA) is 66.5 Å². The highest BCUT2D eigenvalue weighted by Gasteiger charge is 2.36. The molecule has 1 aliphatic heterocycles. The van der Waals surface area contributed by atoms with Crippen LogP contribution in [0.25, 0.3) is 6.08 Å². The average molecular weight is 478 g/mol. The first-order chi connectivity index (χ1) is 12.4. The monoisotopic (exact) mass is 478 g/mol. The van der Waals surface area contributed by atoms with Crippen molar-refractivity contribution in [3.05, 3.63) is 68.1 Å². The van der Waals surface area contributed by atoms with E-state index in [1.54, 1.807) is 18.2 Å². The highest BCUT2D eigenvalue weighted by Crippen LogP contribution is 2.32. The van der Waals surface area contributed by atoms with E-state index in [0.717, 1.165) is 31.4 Å². The minimum atomic E-state index is -0.447. The molecule has 0 spiro atoms. The molecule has 7 heteroatoms. The van der Waals surface area contributed by atoms with Gasteiger partial charge in [0.1, 0.15) is 6.54 Å². The first kappa shape index (κ1) is 18.7. The summed E-state index contributed by atoms with van der Waals surface area (Å²) in [6, 6.07) is 14.9. The van der Waals surface area contributed by atoms with E-state index in [2.05, 4.69) is 27.9 Å². The summed E-state index contributed by atoms with van der Waals surface area (Å²) >= 11 is 3.04. The van der Waals surface area contributed by atoms with Crippen molar-refractivity contribution in [3.8, 4) is 0 Å². The van der Waals surface area contributed by atoms with Gasteiger partial charge in [0.25, 0.3) is 11.1 Å². The van der Waals surface area contributed by atoms with E-state index in [4.69, 9.17) is 0 Å². The van der Waals surface area contributed by atoms with Crippen molar-refractivity contribution in [2.75, 3.05) is 11.9 Å². The largest absolute Gasteiger partial charge is 0.325 e. The van der Waals surface area contributed by atoms with Gasteiger partial charge in [0.2, 0.25) is 5.91 Å². The molecule has 0 unspecified atom stereocenters. The lowest BCUT2D eigenvalue weighted by molar-refractivity contribution is -0.127. The van der Waals surface area contributed by atoms with E-state index in [1.165, 1.54) is 0 Å². The molecule has 3 amide bonds. The molecule has 1 fully saturated rings. The van der Waals surface area contributed by atoms with Gasteiger partial charge in [-0.05, 0) is 77.2 Å². The molecule has 26 heavy (non-hydrogen) atoms. The highest BCUT2D eigenvalue weighted by atomic mass is 127. The van der Waals surface area contributed by atoms with Crippen molar-refractivity contribution < 1.29 is 14.4 Å². The van der Waals surface area contributed by atoms with E-state index in [-0.39, 0.29) is 6.54 Å². The number of anilines is 1. The summed E-state index contributed by atoms with van der Waals surface area (Å²) in [4.78, 5) is 38.0. The Hall–Kier alpha value is -2.13. The summed E-state index contributed by atoms with van der Waals surface area (Å²) in [7, 11) is 0. The van der Waals surface area contributed by atoms with Crippen LogP contribution in [-0.2, 0) is 9.59 Å². The van der Waals surface area contributed by atoms with Gasteiger partial charge in [-0.1, -0.05) is 29.8 Å². The van der Waals surface area contributed by atoms with Gasteiger partial charge in [-0.3, -0.25) is 19.3 Å². The van der Waals surface area contributed by atoms with Gasteiger partial charge in [0.05, 0.1) is 4.91 Å². The van der Waals surface area contributed by atoms with E-state index >= 15 is 0 Å². The third kappa shape index (κ3) is 4.53. The van der Waals surface area contributed by atoms with Crippen LogP contribution in [0.4, 0.5) is 10.5 Å². The number of rotatable bonds is 4. The molecular weight excluding hydrogens is 463 g/mol. The van der Waals surface area contributed by atoms with Gasteiger partial charge >= 0.3 is 0 Å². The molecule has 1 saturated heterocycles. The smallest absolute Gasteiger partial charge is 0.294 e. The zero-order valence-electron chi connectivity index (χ0n) is 13.9. The van der Waals surface area contributed by atoms with Crippen LogP contribution in [0, 0.1) is 10.5 Å². The van der Waals surface area contributed by atoms with Crippen molar-refractivity contribution in [1.29, 1.82) is 0 Å². The number of aryl methyl sites for hydroxylation is 1. The zero-order valence-corrected chi connectivity index (χ0v) is 16.8. The maximum absolute atomic E-state index is 12.5. The number of amides is 3. The fourth-order valence-electron chi connectivity index (χ4n) is 2.33. The third-order valence-electron chi connectivity index (χ3n) is 3.68. The Bertz CT molecular complexity index is 892. The fraction of sp³-hybridized carbons (Fsp3) is 0.105. The first-order valence-corrected chi connectivity index (χ1v) is 9.69. The van der Waals surface area contributed by atoms with Crippen molar-refractivity contribution in [2.45, 2.75) is 6.92 Å². The summed E-state index contributed by atoms with van der Waals surface area (Å²) in [5.41, 5.74) is 2.54. The molecule has 0 aliphatic carbocycles. The Morgan fingerprint density at radius 3 is 2.42 bits per heavy atom. The number of hydrogen-bond acceptors (Lipinski definition) is 4. The lowest BCUT2D eigenvalue weighted by Gasteiger charge is -2.12. The summed E-state index contributed by atoms with van der Waals surface area (Å²) < 4.78 is 1.08. The lowest BCUT2D eigenvalue weighted by Crippen LogP contribution is -2.36. The van der Waals surface area contributed by atoms with Gasteiger partial charge in [0, 0.05) is 9.26 Å². The second kappa shape index (κ2) is 8.05. The second-order valence-electron chi connectivity index (χ2n) is 5.73. The fourth-order valence-corrected chi connectivity index (χ4v) is 3.53. The molecule has 2 aromatic rings. The van der Waals surface area contributed by atoms with Crippen LogP contribution >= 0.6 is 34.4 Å². The van der Waals surface area contributed by atoms with Gasteiger partial charge in [0.15, 0.2) is 0 Å². The number of imide groups is 1. The minimum absolute atomic E-state index is 0.303. The molecule has 0 aromatic heterocycles. The van der Waals surface area contributed by atoms with Crippen molar-refractivity contribution >= 4 is 63.2 Å². The van der Waals surface area contributed by atoms with Crippen LogP contribution in [0.1, 0.15) is 11.1 Å². The van der Waals surface area contributed by atoms with Crippen molar-refractivity contribution in [1.82, 2.24) is 4.90 Å². The normalized spacial score (nSPS) is 15.6. The molecular formula is C19H15IN2O3S. The Kier molecular flexibility index (Phi) is 5.77. The number of carbonyl (C=O) groups is 3. The number of hydrogen-bond donors (Lipinski definition) is 1. The highest BCUT2D eigenvalue weighted by molar-refractivity contribution is 14.1. The number of thioether (sulfide) groups is 1. The Balaban J connectivity index is 1.67. The molecule has 3 rings (SSSR count). The standard InChI is InChI=1S/C19H15IN2O3S/c1-12-2-8-15(9-3-12)21-17(23)11-22-18(24)16(26-19(22)25)10-13-4-6-14(20)7-5-13/h2-10H,11H2,1H3,(H,21,23). The molecule has 0 atom stereocenters. The maximum atomic E-state index is 12.5. The molecule has 5 nitrogen and oxygen atoms in total. The van der Waals surface area contributed by atoms with E-state index < -0.39 is 17.1 Å². The van der Waals surface area contributed by atoms with Crippen LogP contribution in [0.15, 0.2) is 53.4 Å². The van der Waals surface area contributed by atoms with E-state index in [1.807, 2.05) is 43.3 Å². The third-order valence-corrected chi connectivity index (χ3v) is 5.30. The van der Waals surface area contributed by atoms with E-state index in [9.17, 15) is 14.4 Å². The predicted octanol–water partition coefficient (Wildman–Crippen LogP) is 4.27. The van der Waals surface area contributed by atoms with Crippen molar-refractivity contribution in [3.63, 3.8) is 0 Å². The number of carbonyl (C=O) groups excluding carboxylic acids is 3. The lowest BCUT2D eigenvalue weighted by atomic mass is 10.2. The summed E-state index contributed by atoms with van der Waals surface area (Å²) in [5.74, 6) is -0.857. The van der Waals surface area contributed by atoms with Gasteiger partial charge in [-0.2, -0.15) is 0 Å². The number of nitrogens with zero attached hydrogens (tertiary/aromatic N) is 1. The molecule has 0 saturated carbocycles. The summed E-state index contributed by atoms with van der Waals surface area (Å²) in [5, 5.41) is 2.25. The van der Waals surface area contributed by atoms with Gasteiger partial charge in [-0.15, -0.1) is 0 Å². The Morgan fingerprint density at radius 1 is 1.12 bits per heavy atom. The van der Waals surface area contributed by atoms with Crippen LogP contribution in [0.5, 0.6) is 0 Å². The molecule has 1 aliphatic rings. The van der Waals surface area contributed by atoms with Gasteiger partial charge in [-0.25, -0.2) is 0 Å². The summed E-state index contributed by atoms with van der Waals surface area (Å²) in [6.45, 7) is 1.65. The van der Waals surface area contributed by atoms with Crippen LogP contribution in [0.2, 0.25) is 0 Å². The molecule has 0 bridgehead atoms. The maximum Gasteiger partial charge on any atom is 0.294 e.